The van der Waals surface area contributed by atoms with Crippen LogP contribution in [-0.2, 0) is 44.3 Å². The minimum atomic E-state index is -3.69. The van der Waals surface area contributed by atoms with E-state index in [4.69, 9.17) is 9.47 Å². The average Bonchev–Trinajstić information content (AvgIpc) is 3.42. The largest absolute Gasteiger partial charge is 0.507 e. The number of aromatic hydroxyl groups is 2. The van der Waals surface area contributed by atoms with Crippen LogP contribution in [0, 0.1) is 0 Å². The zero-order valence-electron chi connectivity index (χ0n) is 41.4. The molecule has 8 rings (SSSR count). The number of nitrogens with zero attached hydrogens (tertiary/aromatic N) is 2. The van der Waals surface area contributed by atoms with Gasteiger partial charge < -0.3 is 30.3 Å². The molecule has 6 aromatic rings. The molecule has 392 valence electrons. The quantitative estimate of drug-likeness (QED) is 0.0434. The monoisotopic (exact) mass is 1050 g/mol. The second-order valence-corrected chi connectivity index (χ2v) is 21.6. The van der Waals surface area contributed by atoms with E-state index in [2.05, 4.69) is 39.5 Å². The number of phenols is 2. The minimum absolute atomic E-state index is 0.0925. The van der Waals surface area contributed by atoms with E-state index in [9.17, 15) is 36.6 Å². The van der Waals surface area contributed by atoms with Crippen LogP contribution in [0.4, 0.5) is 0 Å². The highest BCUT2D eigenvalue weighted by atomic mass is 32.2. The molecule has 2 aliphatic carbocycles. The van der Waals surface area contributed by atoms with E-state index in [0.29, 0.717) is 76.0 Å². The van der Waals surface area contributed by atoms with Gasteiger partial charge in [0.1, 0.15) is 34.1 Å². The van der Waals surface area contributed by atoms with Crippen molar-refractivity contribution in [1.82, 2.24) is 39.5 Å². The molecule has 0 bridgehead atoms. The molecule has 0 spiro atoms. The second kappa shape index (κ2) is 25.3. The lowest BCUT2D eigenvalue weighted by atomic mass is 9.68. The summed E-state index contributed by atoms with van der Waals surface area (Å²) in [6.45, 7) is 1.04. The van der Waals surface area contributed by atoms with Crippen LogP contribution < -0.4 is 39.0 Å². The summed E-state index contributed by atoms with van der Waals surface area (Å²) < 4.78 is 71.8. The number of phenolic OH excluding ortho intramolecular Hbond substituents is 2. The Morgan fingerprint density at radius 2 is 0.878 bits per heavy atom. The number of rotatable bonds is 20. The van der Waals surface area contributed by atoms with Gasteiger partial charge >= 0.3 is 0 Å². The van der Waals surface area contributed by atoms with E-state index >= 15 is 0 Å². The Bertz CT molecular complexity index is 2790. The Hall–Kier alpha value is -6.94. The van der Waals surface area contributed by atoms with Crippen LogP contribution in [0.15, 0.2) is 146 Å². The van der Waals surface area contributed by atoms with Crippen molar-refractivity contribution in [2.75, 3.05) is 27.3 Å². The van der Waals surface area contributed by atoms with Gasteiger partial charge in [-0.05, 0) is 122 Å². The van der Waals surface area contributed by atoms with E-state index < -0.39 is 32.2 Å². The number of hydrogen-bond acceptors (Lipinski definition) is 12. The molecule has 20 heteroatoms. The molecule has 2 aromatic heterocycles. The lowest BCUT2D eigenvalue weighted by Gasteiger charge is -2.41. The predicted molar refractivity (Wildman–Crippen MR) is 281 cm³/mol. The second-order valence-electron chi connectivity index (χ2n) is 18.5. The van der Waals surface area contributed by atoms with E-state index in [0.717, 1.165) is 22.3 Å². The highest BCUT2D eigenvalue weighted by Crippen LogP contribution is 2.41. The molecule has 74 heavy (non-hydrogen) atoms. The molecule has 0 aliphatic heterocycles. The fourth-order valence-electron chi connectivity index (χ4n) is 9.69. The summed E-state index contributed by atoms with van der Waals surface area (Å²) in [7, 11) is -4.48. The third kappa shape index (κ3) is 14.6. The molecule has 0 saturated heterocycles. The molecule has 0 radical (unpaired) electrons. The van der Waals surface area contributed by atoms with Gasteiger partial charge in [0, 0.05) is 73.9 Å². The van der Waals surface area contributed by atoms with Gasteiger partial charge in [0.15, 0.2) is 0 Å². The summed E-state index contributed by atoms with van der Waals surface area (Å²) in [4.78, 5) is 34.0. The van der Waals surface area contributed by atoms with Crippen LogP contribution in [-0.4, -0.2) is 88.2 Å². The van der Waals surface area contributed by atoms with Crippen LogP contribution in [0.25, 0.3) is 0 Å². The van der Waals surface area contributed by atoms with Crippen LogP contribution >= 0.6 is 0 Å². The lowest BCUT2D eigenvalue weighted by Crippen LogP contribution is -2.49. The highest BCUT2D eigenvalue weighted by Gasteiger charge is 2.40. The standard InChI is InChI=1S/2C27H32N4O5S/c2*1-36-24-9-5-8-23(32)25(24)26(33)29-19-27(21-6-3-2-4-7-21)14-10-22(11-15-27)31-37(34,35)30-18-20-12-16-28-17-13-20/h2*2-9,12-13,16-17,22,30-32H,10-11,14-15,18-19H2,1H3,(H,29,33). The summed E-state index contributed by atoms with van der Waals surface area (Å²) >= 11 is 0. The minimum Gasteiger partial charge on any atom is -0.507 e. The number of methoxy groups -OCH3 is 2. The molecule has 2 fully saturated rings. The molecular weight excluding hydrogens is 985 g/mol. The SMILES string of the molecule is COc1cccc(O)c1C(=O)NCC1(c2ccccc2)CCC(NS(=O)(=O)NCc2ccncc2)CC1.COc1cccc(O)c1C(=O)NCC1(c2ccccc2)CCC(NS(=O)(=O)NCc2ccncc2)CC1. The summed E-state index contributed by atoms with van der Waals surface area (Å²) in [5.41, 5.74) is 3.24. The van der Waals surface area contributed by atoms with Crippen molar-refractivity contribution in [2.24, 2.45) is 0 Å². The zero-order valence-corrected chi connectivity index (χ0v) is 43.0. The molecule has 2 aliphatic rings. The van der Waals surface area contributed by atoms with Gasteiger partial charge in [-0.25, -0.2) is 0 Å². The molecule has 0 atom stereocenters. The average molecular weight is 1050 g/mol. The van der Waals surface area contributed by atoms with Crippen molar-refractivity contribution >= 4 is 32.2 Å². The summed E-state index contributed by atoms with van der Waals surface area (Å²) in [5, 5.41) is 26.5. The van der Waals surface area contributed by atoms with Gasteiger partial charge in [0.25, 0.3) is 32.2 Å². The van der Waals surface area contributed by atoms with E-state index in [1.165, 1.54) is 26.4 Å². The number of aromatic nitrogens is 2. The van der Waals surface area contributed by atoms with Crippen LogP contribution in [0.3, 0.4) is 0 Å². The number of benzene rings is 4. The van der Waals surface area contributed by atoms with Gasteiger partial charge in [-0.15, -0.1) is 0 Å². The third-order valence-corrected chi connectivity index (χ3v) is 16.1. The molecule has 2 heterocycles. The van der Waals surface area contributed by atoms with Crippen molar-refractivity contribution in [1.29, 1.82) is 0 Å². The molecular formula is C54H64N8O10S2. The van der Waals surface area contributed by atoms with Crippen LogP contribution in [0.1, 0.15) is 94.3 Å². The Balaban J connectivity index is 0.000000216. The zero-order chi connectivity index (χ0) is 52.6. The number of nitrogens with one attached hydrogen (secondary N) is 6. The van der Waals surface area contributed by atoms with E-state index in [-0.39, 0.29) is 58.6 Å². The predicted octanol–water partition coefficient (Wildman–Crippen LogP) is 6.06. The summed E-state index contributed by atoms with van der Waals surface area (Å²) in [5.74, 6) is -0.556. The first-order chi connectivity index (χ1) is 35.6. The van der Waals surface area contributed by atoms with Crippen molar-refractivity contribution in [2.45, 2.75) is 87.4 Å². The molecule has 4 aromatic carbocycles. The third-order valence-electron chi connectivity index (χ3n) is 13.8. The normalized spacial score (nSPS) is 19.8. The smallest absolute Gasteiger partial charge is 0.277 e. The maximum absolute atomic E-state index is 13.0. The van der Waals surface area contributed by atoms with Gasteiger partial charge in [0.2, 0.25) is 0 Å². The number of pyridine rings is 2. The Kier molecular flexibility index (Phi) is 18.8. The number of carbonyl (C=O) groups excluding carboxylic acids is 2. The van der Waals surface area contributed by atoms with Gasteiger partial charge in [-0.1, -0.05) is 72.8 Å². The molecule has 0 unspecified atom stereocenters. The van der Waals surface area contributed by atoms with Gasteiger partial charge in [-0.2, -0.15) is 35.7 Å². The van der Waals surface area contributed by atoms with Gasteiger partial charge in [-0.3, -0.25) is 19.6 Å². The number of amides is 2. The first kappa shape index (κ1) is 54.8. The van der Waals surface area contributed by atoms with Crippen molar-refractivity contribution in [3.63, 3.8) is 0 Å². The lowest BCUT2D eigenvalue weighted by molar-refractivity contribution is 0.0920. The number of carbonyl (C=O) groups is 2. The molecule has 2 saturated carbocycles. The first-order valence-electron chi connectivity index (χ1n) is 24.3. The van der Waals surface area contributed by atoms with E-state index in [1.54, 1.807) is 73.3 Å². The summed E-state index contributed by atoms with van der Waals surface area (Å²) in [6, 6.07) is 35.8. The van der Waals surface area contributed by atoms with Crippen molar-refractivity contribution in [3.8, 4) is 23.0 Å². The van der Waals surface area contributed by atoms with Gasteiger partial charge in [0.05, 0.1) is 14.2 Å². The maximum atomic E-state index is 13.0. The van der Waals surface area contributed by atoms with Crippen molar-refractivity contribution in [3.05, 3.63) is 179 Å². The topological polar surface area (TPSA) is 259 Å². The Labute approximate surface area is 433 Å². The fraction of sp³-hybridized carbons (Fsp3) is 0.333. The molecule has 8 N–H and O–H groups in total. The Morgan fingerprint density at radius 3 is 1.22 bits per heavy atom. The first-order valence-corrected chi connectivity index (χ1v) is 27.3. The van der Waals surface area contributed by atoms with Crippen LogP contribution in [0.5, 0.6) is 23.0 Å². The molecule has 18 nitrogen and oxygen atoms in total. The highest BCUT2D eigenvalue weighted by molar-refractivity contribution is 7.87. The van der Waals surface area contributed by atoms with E-state index in [1.807, 2.05) is 60.7 Å². The van der Waals surface area contributed by atoms with Crippen LogP contribution in [0.2, 0.25) is 0 Å². The molecule has 2 amide bonds. The number of hydrogen-bond donors (Lipinski definition) is 8. The fourth-order valence-corrected chi connectivity index (χ4v) is 11.9. The Morgan fingerprint density at radius 1 is 0.527 bits per heavy atom. The maximum Gasteiger partial charge on any atom is 0.277 e. The summed E-state index contributed by atoms with van der Waals surface area (Å²) in [6.07, 6.45) is 11.6. The number of ether oxygens (including phenoxy) is 2. The van der Waals surface area contributed by atoms with Crippen molar-refractivity contribution < 1.29 is 46.1 Å².